The van der Waals surface area contributed by atoms with Gasteiger partial charge in [-0.15, -0.1) is 11.3 Å². The Bertz CT molecular complexity index is 575. The number of ether oxygens (including phenoxy) is 1. The summed E-state index contributed by atoms with van der Waals surface area (Å²) in [7, 11) is 0. The van der Waals surface area contributed by atoms with Gasteiger partial charge in [-0.1, -0.05) is 17.7 Å². The summed E-state index contributed by atoms with van der Waals surface area (Å²) in [5.74, 6) is 0.773. The molecule has 0 aliphatic rings. The van der Waals surface area contributed by atoms with Crippen LogP contribution >= 0.6 is 27.3 Å². The number of carbonyl (C=O) groups is 1. The summed E-state index contributed by atoms with van der Waals surface area (Å²) in [6.45, 7) is 4.09. The third-order valence-corrected chi connectivity index (χ3v) is 4.20. The van der Waals surface area contributed by atoms with Gasteiger partial charge in [-0.3, -0.25) is 4.79 Å². The Labute approximate surface area is 119 Å². The molecule has 1 aromatic heterocycles. The molecule has 0 saturated heterocycles. The van der Waals surface area contributed by atoms with Crippen LogP contribution in [0.3, 0.4) is 0 Å². The number of carbonyl (C=O) groups excluding carboxylic acids is 1. The second-order valence-electron chi connectivity index (χ2n) is 4.08. The number of thiophene rings is 1. The molecule has 0 saturated carbocycles. The van der Waals surface area contributed by atoms with Gasteiger partial charge in [0.25, 0.3) is 0 Å². The quantitative estimate of drug-likeness (QED) is 0.780. The Morgan fingerprint density at radius 1 is 1.28 bits per heavy atom. The highest BCUT2D eigenvalue weighted by atomic mass is 79.9. The molecule has 0 radical (unpaired) electrons. The van der Waals surface area contributed by atoms with Crippen molar-refractivity contribution in [2.24, 2.45) is 0 Å². The molecule has 94 valence electrons. The van der Waals surface area contributed by atoms with E-state index in [1.807, 2.05) is 44.2 Å². The average Bonchev–Trinajstić information content (AvgIpc) is 2.74. The molecule has 2 rings (SSSR count). The summed E-state index contributed by atoms with van der Waals surface area (Å²) in [6, 6.07) is 9.61. The van der Waals surface area contributed by atoms with Gasteiger partial charge < -0.3 is 4.74 Å². The lowest BCUT2D eigenvalue weighted by Gasteiger charge is -2.08. The van der Waals surface area contributed by atoms with Crippen LogP contribution in [0.15, 0.2) is 34.1 Å². The van der Waals surface area contributed by atoms with Crippen molar-refractivity contribution in [3.8, 4) is 5.75 Å². The average molecular weight is 325 g/mol. The van der Waals surface area contributed by atoms with E-state index in [0.29, 0.717) is 4.88 Å². The summed E-state index contributed by atoms with van der Waals surface area (Å²) in [5.41, 5.74) is 2.24. The molecule has 0 atom stereocenters. The second-order valence-corrected chi connectivity index (χ2v) is 6.55. The van der Waals surface area contributed by atoms with Crippen molar-refractivity contribution in [3.05, 3.63) is 50.1 Å². The lowest BCUT2D eigenvalue weighted by atomic mass is 10.1. The molecule has 0 N–H and O–H groups in total. The van der Waals surface area contributed by atoms with E-state index in [1.165, 1.54) is 16.9 Å². The highest BCUT2D eigenvalue weighted by Gasteiger charge is 2.10. The monoisotopic (exact) mass is 324 g/mol. The Hall–Kier alpha value is -1.13. The zero-order valence-electron chi connectivity index (χ0n) is 10.2. The fourth-order valence-electron chi connectivity index (χ4n) is 1.64. The van der Waals surface area contributed by atoms with E-state index in [9.17, 15) is 4.79 Å². The highest BCUT2D eigenvalue weighted by Crippen LogP contribution is 2.23. The van der Waals surface area contributed by atoms with E-state index in [2.05, 4.69) is 15.9 Å². The van der Waals surface area contributed by atoms with Crippen LogP contribution in [0.2, 0.25) is 0 Å². The predicted molar refractivity (Wildman–Crippen MR) is 77.8 cm³/mol. The van der Waals surface area contributed by atoms with E-state index in [-0.39, 0.29) is 12.4 Å². The normalized spacial score (nSPS) is 10.4. The number of hydrogen-bond donors (Lipinski definition) is 0. The lowest BCUT2D eigenvalue weighted by Crippen LogP contribution is -2.10. The molecule has 1 aromatic carbocycles. The molecule has 4 heteroatoms. The molecule has 1 heterocycles. The number of rotatable bonds is 4. The third-order valence-electron chi connectivity index (χ3n) is 2.54. The van der Waals surface area contributed by atoms with Crippen molar-refractivity contribution in [3.63, 3.8) is 0 Å². The number of halogens is 1. The lowest BCUT2D eigenvalue weighted by molar-refractivity contribution is 0.0925. The number of benzene rings is 1. The standard InChI is InChI=1S/C14H13BrO2S/c1-9-3-4-12(10(2)7-9)17-8-11(16)13-5-6-14(15)18-13/h3-7H,8H2,1-2H3. The van der Waals surface area contributed by atoms with Crippen LogP contribution in [0.4, 0.5) is 0 Å². The van der Waals surface area contributed by atoms with Gasteiger partial charge in [-0.2, -0.15) is 0 Å². The first-order valence-electron chi connectivity index (χ1n) is 5.55. The van der Waals surface area contributed by atoms with Gasteiger partial charge in [0.05, 0.1) is 8.66 Å². The molecule has 0 unspecified atom stereocenters. The second kappa shape index (κ2) is 5.67. The number of Topliss-reactive ketones (excluding diaryl/α,β-unsaturated/α-hetero) is 1. The summed E-state index contributed by atoms with van der Waals surface area (Å²) in [5, 5.41) is 0. The summed E-state index contributed by atoms with van der Waals surface area (Å²) < 4.78 is 6.51. The van der Waals surface area contributed by atoms with Crippen LogP contribution < -0.4 is 4.74 Å². The first-order valence-corrected chi connectivity index (χ1v) is 7.16. The SMILES string of the molecule is Cc1ccc(OCC(=O)c2ccc(Br)s2)c(C)c1. The zero-order chi connectivity index (χ0) is 13.1. The fourth-order valence-corrected chi connectivity index (χ4v) is 2.95. The maximum Gasteiger partial charge on any atom is 0.210 e. The molecule has 2 nitrogen and oxygen atoms in total. The van der Waals surface area contributed by atoms with Gasteiger partial charge in [0.2, 0.25) is 5.78 Å². The Balaban J connectivity index is 2.01. The third kappa shape index (κ3) is 3.21. The zero-order valence-corrected chi connectivity index (χ0v) is 12.6. The van der Waals surface area contributed by atoms with Gasteiger partial charge in [-0.25, -0.2) is 0 Å². The fraction of sp³-hybridized carbons (Fsp3) is 0.214. The van der Waals surface area contributed by atoms with Crippen molar-refractivity contribution in [2.75, 3.05) is 6.61 Å². The predicted octanol–water partition coefficient (Wildman–Crippen LogP) is 4.39. The van der Waals surface area contributed by atoms with Gasteiger partial charge in [0.15, 0.2) is 6.61 Å². The number of ketones is 1. The Kier molecular flexibility index (Phi) is 4.19. The molecule has 2 aromatic rings. The molecule has 0 fully saturated rings. The number of hydrogen-bond acceptors (Lipinski definition) is 3. The van der Waals surface area contributed by atoms with Gasteiger partial charge in [-0.05, 0) is 53.5 Å². The largest absolute Gasteiger partial charge is 0.485 e. The Morgan fingerprint density at radius 2 is 2.06 bits per heavy atom. The van der Waals surface area contributed by atoms with Gasteiger partial charge >= 0.3 is 0 Å². The van der Waals surface area contributed by atoms with Crippen LogP contribution in [0.1, 0.15) is 20.8 Å². The van der Waals surface area contributed by atoms with Crippen molar-refractivity contribution in [2.45, 2.75) is 13.8 Å². The van der Waals surface area contributed by atoms with Crippen LogP contribution in [0.5, 0.6) is 5.75 Å². The summed E-state index contributed by atoms with van der Waals surface area (Å²) in [6.07, 6.45) is 0. The highest BCUT2D eigenvalue weighted by molar-refractivity contribution is 9.11. The molecular formula is C14H13BrO2S. The molecule has 0 aliphatic carbocycles. The summed E-state index contributed by atoms with van der Waals surface area (Å²) in [4.78, 5) is 12.6. The minimum Gasteiger partial charge on any atom is -0.485 e. The van der Waals surface area contributed by atoms with Crippen LogP contribution in [0, 0.1) is 13.8 Å². The van der Waals surface area contributed by atoms with Crippen molar-refractivity contribution < 1.29 is 9.53 Å². The van der Waals surface area contributed by atoms with E-state index in [4.69, 9.17) is 4.74 Å². The molecule has 0 amide bonds. The molecule has 0 aliphatic heterocycles. The van der Waals surface area contributed by atoms with Crippen molar-refractivity contribution in [1.82, 2.24) is 0 Å². The first-order chi connectivity index (χ1) is 8.56. The van der Waals surface area contributed by atoms with E-state index in [0.717, 1.165) is 15.1 Å². The maximum atomic E-state index is 11.9. The van der Waals surface area contributed by atoms with Crippen molar-refractivity contribution >= 4 is 33.0 Å². The minimum absolute atomic E-state index is 0.00525. The summed E-state index contributed by atoms with van der Waals surface area (Å²) >= 11 is 4.77. The van der Waals surface area contributed by atoms with Gasteiger partial charge in [0, 0.05) is 0 Å². The van der Waals surface area contributed by atoms with Crippen LogP contribution in [0.25, 0.3) is 0 Å². The smallest absolute Gasteiger partial charge is 0.210 e. The molecule has 0 spiro atoms. The van der Waals surface area contributed by atoms with Crippen LogP contribution in [-0.4, -0.2) is 12.4 Å². The first kappa shape index (κ1) is 13.3. The molecule has 18 heavy (non-hydrogen) atoms. The van der Waals surface area contributed by atoms with E-state index < -0.39 is 0 Å². The molecular weight excluding hydrogens is 312 g/mol. The molecule has 0 bridgehead atoms. The minimum atomic E-state index is 0.00525. The Morgan fingerprint density at radius 3 is 2.67 bits per heavy atom. The van der Waals surface area contributed by atoms with E-state index in [1.54, 1.807) is 0 Å². The van der Waals surface area contributed by atoms with Gasteiger partial charge in [0.1, 0.15) is 5.75 Å². The van der Waals surface area contributed by atoms with E-state index >= 15 is 0 Å². The number of aryl methyl sites for hydroxylation is 2. The topological polar surface area (TPSA) is 26.3 Å². The maximum absolute atomic E-state index is 11.9. The van der Waals surface area contributed by atoms with Crippen LogP contribution in [-0.2, 0) is 0 Å². The van der Waals surface area contributed by atoms with Crippen molar-refractivity contribution in [1.29, 1.82) is 0 Å².